The summed E-state index contributed by atoms with van der Waals surface area (Å²) < 4.78 is 6.28. The van der Waals surface area contributed by atoms with Gasteiger partial charge in [-0.2, -0.15) is 0 Å². The molecule has 2 rings (SSSR count). The average Bonchev–Trinajstić information content (AvgIpc) is 2.77. The van der Waals surface area contributed by atoms with Gasteiger partial charge in [-0.25, -0.2) is 4.98 Å². The molecule has 5 heteroatoms. The van der Waals surface area contributed by atoms with Crippen LogP contribution in [0.2, 0.25) is 0 Å². The minimum Gasteiger partial charge on any atom is -0.368 e. The normalized spacial score (nSPS) is 28.2. The molecule has 20 heavy (non-hydrogen) atoms. The SMILES string of the molecule is Cc1ncsc1CN(C)C1(CN)CC(C)(C)OC1(C)C. The first-order valence-electron chi connectivity index (χ1n) is 7.14. The van der Waals surface area contributed by atoms with E-state index in [2.05, 4.69) is 51.6 Å². The molecule has 1 atom stereocenters. The first kappa shape index (κ1) is 15.9. The number of aromatic nitrogens is 1. The Labute approximate surface area is 126 Å². The molecule has 4 nitrogen and oxygen atoms in total. The van der Waals surface area contributed by atoms with Gasteiger partial charge in [0, 0.05) is 18.0 Å². The summed E-state index contributed by atoms with van der Waals surface area (Å²) in [6.45, 7) is 12.1. The van der Waals surface area contributed by atoms with Gasteiger partial charge in [0.15, 0.2) is 0 Å². The van der Waals surface area contributed by atoms with Gasteiger partial charge in [-0.15, -0.1) is 11.3 Å². The van der Waals surface area contributed by atoms with Crippen LogP contribution in [0.15, 0.2) is 5.51 Å². The molecule has 1 unspecified atom stereocenters. The lowest BCUT2D eigenvalue weighted by Gasteiger charge is -2.46. The van der Waals surface area contributed by atoms with Crippen LogP contribution < -0.4 is 5.73 Å². The number of nitrogens with zero attached hydrogens (tertiary/aromatic N) is 2. The molecule has 2 N–H and O–H groups in total. The topological polar surface area (TPSA) is 51.4 Å². The molecule has 1 fully saturated rings. The maximum atomic E-state index is 6.28. The number of nitrogens with two attached hydrogens (primary N) is 1. The lowest BCUT2D eigenvalue weighted by atomic mass is 9.77. The van der Waals surface area contributed by atoms with Crippen molar-refractivity contribution < 1.29 is 4.74 Å². The van der Waals surface area contributed by atoms with Crippen molar-refractivity contribution in [3.63, 3.8) is 0 Å². The van der Waals surface area contributed by atoms with E-state index < -0.39 is 0 Å². The molecule has 1 aliphatic heterocycles. The Bertz CT molecular complexity index is 483. The van der Waals surface area contributed by atoms with E-state index in [9.17, 15) is 0 Å². The number of ether oxygens (including phenoxy) is 1. The number of hydrogen-bond donors (Lipinski definition) is 1. The summed E-state index contributed by atoms with van der Waals surface area (Å²) in [7, 11) is 2.15. The average molecular weight is 297 g/mol. The smallest absolute Gasteiger partial charge is 0.0830 e. The molecule has 1 aromatic rings. The third-order valence-electron chi connectivity index (χ3n) is 4.66. The summed E-state index contributed by atoms with van der Waals surface area (Å²) in [5.41, 5.74) is 8.68. The van der Waals surface area contributed by atoms with E-state index in [-0.39, 0.29) is 16.7 Å². The van der Waals surface area contributed by atoms with Gasteiger partial charge in [-0.3, -0.25) is 4.90 Å². The van der Waals surface area contributed by atoms with Crippen molar-refractivity contribution in [1.82, 2.24) is 9.88 Å². The highest BCUT2D eigenvalue weighted by atomic mass is 32.1. The summed E-state index contributed by atoms with van der Waals surface area (Å²) in [6.07, 6.45) is 0.942. The third-order valence-corrected chi connectivity index (χ3v) is 5.58. The van der Waals surface area contributed by atoms with Gasteiger partial charge in [0.25, 0.3) is 0 Å². The van der Waals surface area contributed by atoms with Crippen LogP contribution in [0, 0.1) is 6.92 Å². The standard InChI is InChI=1S/C15H27N3OS/c1-11-12(20-10-17-11)7-18(6)15(9-16)8-13(2,3)19-14(15,4)5/h10H,7-9,16H2,1-6H3. The second-order valence-electron chi connectivity index (χ2n) is 7.00. The van der Waals surface area contributed by atoms with Crippen molar-refractivity contribution in [1.29, 1.82) is 0 Å². The Hall–Kier alpha value is -0.490. The van der Waals surface area contributed by atoms with Gasteiger partial charge in [-0.1, -0.05) is 0 Å². The van der Waals surface area contributed by atoms with Crippen LogP contribution in [0.3, 0.4) is 0 Å². The largest absolute Gasteiger partial charge is 0.368 e. The predicted octanol–water partition coefficient (Wildman–Crippen LogP) is 2.56. The molecular weight excluding hydrogens is 270 g/mol. The fourth-order valence-corrected chi connectivity index (χ4v) is 4.48. The third kappa shape index (κ3) is 2.52. The Kier molecular flexibility index (Phi) is 4.02. The highest BCUT2D eigenvalue weighted by molar-refractivity contribution is 7.09. The minimum atomic E-state index is -0.265. The number of rotatable bonds is 4. The van der Waals surface area contributed by atoms with Gasteiger partial charge in [0.05, 0.1) is 27.9 Å². The summed E-state index contributed by atoms with van der Waals surface area (Å²) in [5, 5.41) is 0. The van der Waals surface area contributed by atoms with E-state index in [0.29, 0.717) is 6.54 Å². The molecule has 1 aliphatic rings. The molecular formula is C15H27N3OS. The Morgan fingerprint density at radius 1 is 1.40 bits per heavy atom. The molecule has 0 saturated carbocycles. The van der Waals surface area contributed by atoms with Crippen LogP contribution in [0.5, 0.6) is 0 Å². The number of likely N-dealkylation sites (N-methyl/N-ethyl adjacent to an activating group) is 1. The first-order chi connectivity index (χ1) is 9.13. The molecule has 1 aromatic heterocycles. The molecule has 114 valence electrons. The van der Waals surface area contributed by atoms with Gasteiger partial charge in [0.1, 0.15) is 0 Å². The monoisotopic (exact) mass is 297 g/mol. The molecule has 0 aliphatic carbocycles. The van der Waals surface area contributed by atoms with Crippen molar-refractivity contribution >= 4 is 11.3 Å². The second kappa shape index (κ2) is 5.05. The fourth-order valence-electron chi connectivity index (χ4n) is 3.65. The second-order valence-corrected chi connectivity index (χ2v) is 7.94. The van der Waals surface area contributed by atoms with Crippen LogP contribution >= 0.6 is 11.3 Å². The van der Waals surface area contributed by atoms with Crippen LogP contribution in [0.1, 0.15) is 44.7 Å². The van der Waals surface area contributed by atoms with E-state index >= 15 is 0 Å². The molecule has 0 spiro atoms. The van der Waals surface area contributed by atoms with Crippen LogP contribution in [-0.2, 0) is 11.3 Å². The quantitative estimate of drug-likeness (QED) is 0.928. The van der Waals surface area contributed by atoms with E-state index in [0.717, 1.165) is 18.7 Å². The summed E-state index contributed by atoms with van der Waals surface area (Å²) in [6, 6.07) is 0. The Morgan fingerprint density at radius 2 is 2.05 bits per heavy atom. The fraction of sp³-hybridized carbons (Fsp3) is 0.800. The summed E-state index contributed by atoms with van der Waals surface area (Å²) in [5.74, 6) is 0. The van der Waals surface area contributed by atoms with Gasteiger partial charge < -0.3 is 10.5 Å². The van der Waals surface area contributed by atoms with Crippen LogP contribution in [-0.4, -0.2) is 40.2 Å². The molecule has 0 radical (unpaired) electrons. The molecule has 0 aromatic carbocycles. The molecule has 1 saturated heterocycles. The zero-order valence-electron chi connectivity index (χ0n) is 13.5. The summed E-state index contributed by atoms with van der Waals surface area (Å²) >= 11 is 1.71. The predicted molar refractivity (Wildman–Crippen MR) is 84.0 cm³/mol. The number of aryl methyl sites for hydroxylation is 1. The van der Waals surface area contributed by atoms with Crippen molar-refractivity contribution in [2.45, 2.75) is 64.3 Å². The number of hydrogen-bond acceptors (Lipinski definition) is 5. The number of thiazole rings is 1. The maximum Gasteiger partial charge on any atom is 0.0830 e. The van der Waals surface area contributed by atoms with E-state index in [1.54, 1.807) is 11.3 Å². The zero-order chi connectivity index (χ0) is 15.2. The Morgan fingerprint density at radius 3 is 2.45 bits per heavy atom. The zero-order valence-corrected chi connectivity index (χ0v) is 14.3. The van der Waals surface area contributed by atoms with Gasteiger partial charge in [0.2, 0.25) is 0 Å². The maximum absolute atomic E-state index is 6.28. The Balaban J connectivity index is 2.29. The highest BCUT2D eigenvalue weighted by Crippen LogP contribution is 2.48. The molecule has 0 amide bonds. The van der Waals surface area contributed by atoms with Gasteiger partial charge in [-0.05, 0) is 48.1 Å². The van der Waals surface area contributed by atoms with E-state index in [1.807, 2.05) is 5.51 Å². The molecule has 0 bridgehead atoms. The van der Waals surface area contributed by atoms with Crippen LogP contribution in [0.4, 0.5) is 0 Å². The first-order valence-corrected chi connectivity index (χ1v) is 8.02. The van der Waals surface area contributed by atoms with Crippen molar-refractivity contribution in [3.05, 3.63) is 16.1 Å². The molecule has 2 heterocycles. The van der Waals surface area contributed by atoms with Crippen molar-refractivity contribution in [3.8, 4) is 0 Å². The van der Waals surface area contributed by atoms with Crippen molar-refractivity contribution in [2.75, 3.05) is 13.6 Å². The van der Waals surface area contributed by atoms with Crippen LogP contribution in [0.25, 0.3) is 0 Å². The highest BCUT2D eigenvalue weighted by Gasteiger charge is 2.58. The van der Waals surface area contributed by atoms with Gasteiger partial charge >= 0.3 is 0 Å². The minimum absolute atomic E-state index is 0.139. The summed E-state index contributed by atoms with van der Waals surface area (Å²) in [4.78, 5) is 8.01. The van der Waals surface area contributed by atoms with E-state index in [1.165, 1.54) is 4.88 Å². The lowest BCUT2D eigenvalue weighted by Crippen LogP contribution is -2.61. The van der Waals surface area contributed by atoms with Crippen molar-refractivity contribution in [2.24, 2.45) is 5.73 Å². The lowest BCUT2D eigenvalue weighted by molar-refractivity contribution is -0.101. The van der Waals surface area contributed by atoms with E-state index in [4.69, 9.17) is 10.5 Å².